The lowest BCUT2D eigenvalue weighted by Crippen LogP contribution is -2.11. The molecule has 3 nitrogen and oxygen atoms in total. The maximum atomic E-state index is 11.8. The molecule has 1 amide bonds. The van der Waals surface area contributed by atoms with E-state index in [1.54, 1.807) is 12.1 Å². The molecule has 0 aliphatic carbocycles. The van der Waals surface area contributed by atoms with Gasteiger partial charge in [0.2, 0.25) is 5.91 Å². The third-order valence-corrected chi connectivity index (χ3v) is 3.13. The zero-order chi connectivity index (χ0) is 16.2. The molecule has 0 aromatic heterocycles. The Bertz CT molecular complexity index is 552. The number of hydrogen-bond acceptors (Lipinski definition) is 2. The molecule has 3 N–H and O–H groups in total. The summed E-state index contributed by atoms with van der Waals surface area (Å²) >= 11 is 0. The van der Waals surface area contributed by atoms with E-state index < -0.39 is 0 Å². The van der Waals surface area contributed by atoms with Crippen LogP contribution in [0.2, 0.25) is 0 Å². The van der Waals surface area contributed by atoms with Crippen molar-refractivity contribution < 1.29 is 4.79 Å². The minimum atomic E-state index is 0.0451. The molecule has 2 aromatic rings. The number of carbonyl (C=O) groups excluding carboxylic acids is 1. The molecule has 0 aliphatic heterocycles. The molecule has 2 aromatic carbocycles. The highest BCUT2D eigenvalue weighted by Gasteiger charge is 2.02. The van der Waals surface area contributed by atoms with Gasteiger partial charge >= 0.3 is 0 Å². The van der Waals surface area contributed by atoms with Crippen molar-refractivity contribution in [2.45, 2.75) is 39.5 Å². The third kappa shape index (κ3) is 6.93. The van der Waals surface area contributed by atoms with Crippen LogP contribution >= 0.6 is 0 Å². The minimum Gasteiger partial charge on any atom is -0.399 e. The number of unbranched alkanes of at least 4 members (excludes halogenated alkanes) is 1. The van der Waals surface area contributed by atoms with Crippen LogP contribution < -0.4 is 11.1 Å². The molecule has 0 bridgehead atoms. The fraction of sp³-hybridized carbons (Fsp3) is 0.316. The van der Waals surface area contributed by atoms with Crippen molar-refractivity contribution in [3.05, 3.63) is 60.2 Å². The first kappa shape index (κ1) is 17.8. The molecule has 118 valence electrons. The van der Waals surface area contributed by atoms with Gasteiger partial charge < -0.3 is 11.1 Å². The van der Waals surface area contributed by atoms with Crippen LogP contribution in [0.15, 0.2) is 54.6 Å². The Morgan fingerprint density at radius 2 is 1.73 bits per heavy atom. The van der Waals surface area contributed by atoms with Gasteiger partial charge in [0.1, 0.15) is 0 Å². The van der Waals surface area contributed by atoms with Crippen molar-refractivity contribution in [3.8, 4) is 0 Å². The van der Waals surface area contributed by atoms with E-state index in [1.165, 1.54) is 5.56 Å². The molecule has 0 atom stereocenters. The van der Waals surface area contributed by atoms with Crippen molar-refractivity contribution in [3.63, 3.8) is 0 Å². The van der Waals surface area contributed by atoms with Gasteiger partial charge in [0.05, 0.1) is 0 Å². The molecule has 0 aliphatic rings. The normalized spacial score (nSPS) is 9.55. The van der Waals surface area contributed by atoms with Gasteiger partial charge in [0.15, 0.2) is 0 Å². The average molecular weight is 298 g/mol. The molecule has 3 heteroatoms. The van der Waals surface area contributed by atoms with Crippen molar-refractivity contribution in [1.29, 1.82) is 0 Å². The second-order valence-electron chi connectivity index (χ2n) is 4.87. The van der Waals surface area contributed by atoms with E-state index in [0.717, 1.165) is 24.9 Å². The van der Waals surface area contributed by atoms with E-state index in [-0.39, 0.29) is 5.91 Å². The van der Waals surface area contributed by atoms with Gasteiger partial charge in [-0.2, -0.15) is 0 Å². The van der Waals surface area contributed by atoms with Crippen LogP contribution in [0.5, 0.6) is 0 Å². The number of nitrogen functional groups attached to an aromatic ring is 1. The predicted molar refractivity (Wildman–Crippen MR) is 94.8 cm³/mol. The van der Waals surface area contributed by atoms with E-state index in [2.05, 4.69) is 17.4 Å². The highest BCUT2D eigenvalue weighted by Crippen LogP contribution is 2.13. The molecular formula is C19H26N2O. The first-order chi connectivity index (χ1) is 10.7. The van der Waals surface area contributed by atoms with E-state index in [0.29, 0.717) is 12.1 Å². The maximum absolute atomic E-state index is 11.8. The molecule has 0 unspecified atom stereocenters. The van der Waals surface area contributed by atoms with E-state index in [1.807, 2.05) is 44.2 Å². The number of rotatable bonds is 6. The number of carbonyl (C=O) groups is 1. The number of amides is 1. The summed E-state index contributed by atoms with van der Waals surface area (Å²) in [5.74, 6) is 0.0451. The molecule has 2 rings (SSSR count). The lowest BCUT2D eigenvalue weighted by Gasteiger charge is -2.06. The molecule has 0 fully saturated rings. The molecular weight excluding hydrogens is 272 g/mol. The van der Waals surface area contributed by atoms with Crippen LogP contribution in [0, 0.1) is 0 Å². The van der Waals surface area contributed by atoms with Crippen molar-refractivity contribution in [2.75, 3.05) is 11.1 Å². The monoisotopic (exact) mass is 298 g/mol. The van der Waals surface area contributed by atoms with Gasteiger partial charge in [-0.25, -0.2) is 0 Å². The second-order valence-corrected chi connectivity index (χ2v) is 4.87. The summed E-state index contributed by atoms with van der Waals surface area (Å²) in [4.78, 5) is 11.8. The van der Waals surface area contributed by atoms with Crippen LogP contribution in [0.3, 0.4) is 0 Å². The topological polar surface area (TPSA) is 55.1 Å². The van der Waals surface area contributed by atoms with Crippen LogP contribution in [0.1, 0.15) is 38.7 Å². The number of benzene rings is 2. The van der Waals surface area contributed by atoms with Gasteiger partial charge in [-0.15, -0.1) is 0 Å². The number of anilines is 2. The van der Waals surface area contributed by atoms with E-state index in [4.69, 9.17) is 5.73 Å². The van der Waals surface area contributed by atoms with Crippen LogP contribution in [0.25, 0.3) is 0 Å². The predicted octanol–water partition coefficient (Wildman–Crippen LogP) is 4.65. The summed E-state index contributed by atoms with van der Waals surface area (Å²) in [6, 6.07) is 17.6. The van der Waals surface area contributed by atoms with Crippen molar-refractivity contribution >= 4 is 17.3 Å². The summed E-state index contributed by atoms with van der Waals surface area (Å²) in [7, 11) is 0. The molecule has 0 spiro atoms. The molecule has 0 heterocycles. The van der Waals surface area contributed by atoms with Gasteiger partial charge in [0.25, 0.3) is 0 Å². The van der Waals surface area contributed by atoms with Crippen LogP contribution in [-0.4, -0.2) is 5.91 Å². The first-order valence-electron chi connectivity index (χ1n) is 7.93. The van der Waals surface area contributed by atoms with Crippen LogP contribution in [-0.2, 0) is 11.2 Å². The SMILES string of the molecule is CC.Nc1cccc(NC(=O)CCCCc2ccccc2)c1. The Balaban J connectivity index is 0.00000116. The lowest BCUT2D eigenvalue weighted by atomic mass is 10.1. The molecule has 22 heavy (non-hydrogen) atoms. The van der Waals surface area contributed by atoms with Crippen molar-refractivity contribution in [2.24, 2.45) is 0 Å². The number of nitrogens with two attached hydrogens (primary N) is 1. The second kappa shape index (κ2) is 10.4. The van der Waals surface area contributed by atoms with E-state index in [9.17, 15) is 4.79 Å². The quantitative estimate of drug-likeness (QED) is 0.602. The fourth-order valence-corrected chi connectivity index (χ4v) is 2.10. The van der Waals surface area contributed by atoms with Crippen LogP contribution in [0.4, 0.5) is 11.4 Å². The Kier molecular flexibility index (Phi) is 8.43. The number of hydrogen-bond donors (Lipinski definition) is 2. The van der Waals surface area contributed by atoms with Gasteiger partial charge in [0, 0.05) is 17.8 Å². The Labute approximate surface area is 133 Å². The summed E-state index contributed by atoms with van der Waals surface area (Å²) in [5, 5.41) is 2.86. The Morgan fingerprint density at radius 1 is 1.00 bits per heavy atom. The fourth-order valence-electron chi connectivity index (χ4n) is 2.10. The highest BCUT2D eigenvalue weighted by atomic mass is 16.1. The van der Waals surface area contributed by atoms with E-state index >= 15 is 0 Å². The third-order valence-electron chi connectivity index (χ3n) is 3.13. The average Bonchev–Trinajstić information content (AvgIpc) is 2.54. The van der Waals surface area contributed by atoms with Gasteiger partial charge in [-0.1, -0.05) is 50.2 Å². The Morgan fingerprint density at radius 3 is 2.41 bits per heavy atom. The zero-order valence-corrected chi connectivity index (χ0v) is 13.5. The highest BCUT2D eigenvalue weighted by molar-refractivity contribution is 5.91. The summed E-state index contributed by atoms with van der Waals surface area (Å²) in [6.45, 7) is 4.00. The first-order valence-corrected chi connectivity index (χ1v) is 7.93. The van der Waals surface area contributed by atoms with Crippen molar-refractivity contribution in [1.82, 2.24) is 0 Å². The molecule has 0 saturated carbocycles. The summed E-state index contributed by atoms with van der Waals surface area (Å²) in [5.41, 5.74) is 8.41. The summed E-state index contributed by atoms with van der Waals surface area (Å²) in [6.07, 6.45) is 3.48. The number of aryl methyl sites for hydroxylation is 1. The largest absolute Gasteiger partial charge is 0.399 e. The molecule has 0 saturated heterocycles. The maximum Gasteiger partial charge on any atom is 0.224 e. The van der Waals surface area contributed by atoms with Gasteiger partial charge in [-0.3, -0.25) is 4.79 Å². The lowest BCUT2D eigenvalue weighted by molar-refractivity contribution is -0.116. The summed E-state index contributed by atoms with van der Waals surface area (Å²) < 4.78 is 0. The Hall–Kier alpha value is -2.29. The zero-order valence-electron chi connectivity index (χ0n) is 13.5. The van der Waals surface area contributed by atoms with Gasteiger partial charge in [-0.05, 0) is 43.0 Å². The number of nitrogens with one attached hydrogen (secondary N) is 1. The standard InChI is InChI=1S/C17H20N2O.C2H6/c18-15-10-6-11-16(13-15)19-17(20)12-5-4-9-14-7-2-1-3-8-14;1-2/h1-3,6-8,10-11,13H,4-5,9,12,18H2,(H,19,20);1-2H3. The molecule has 0 radical (unpaired) electrons. The smallest absolute Gasteiger partial charge is 0.224 e. The minimum absolute atomic E-state index is 0.0451.